The molecule has 0 amide bonds. The fraction of sp³-hybridized carbons (Fsp3) is 0.500. The quantitative estimate of drug-likeness (QED) is 0.903. The third kappa shape index (κ3) is 2.12. The highest BCUT2D eigenvalue weighted by Gasteiger charge is 2.36. The van der Waals surface area contributed by atoms with Crippen LogP contribution >= 0.6 is 11.3 Å². The molecule has 0 aliphatic carbocycles. The summed E-state index contributed by atoms with van der Waals surface area (Å²) < 4.78 is 5.40. The van der Waals surface area contributed by atoms with Crippen molar-refractivity contribution < 1.29 is 4.52 Å². The molecule has 2 aromatic heterocycles. The highest BCUT2D eigenvalue weighted by molar-refractivity contribution is 7.09. The Morgan fingerprint density at radius 2 is 2.53 bits per heavy atom. The fourth-order valence-electron chi connectivity index (χ4n) is 2.14. The zero-order valence-electron chi connectivity index (χ0n) is 9.77. The first-order valence-electron chi connectivity index (χ1n) is 5.82. The van der Waals surface area contributed by atoms with Gasteiger partial charge in [-0.05, 0) is 31.3 Å². The van der Waals surface area contributed by atoms with Crippen LogP contribution in [-0.2, 0) is 11.8 Å². The molecule has 0 radical (unpaired) electrons. The van der Waals surface area contributed by atoms with Gasteiger partial charge in [0.05, 0.1) is 5.41 Å². The molecule has 1 aliphatic heterocycles. The van der Waals surface area contributed by atoms with Crippen molar-refractivity contribution >= 4 is 11.3 Å². The Hall–Kier alpha value is -1.20. The van der Waals surface area contributed by atoms with Crippen LogP contribution in [-0.4, -0.2) is 23.2 Å². The van der Waals surface area contributed by atoms with Crippen LogP contribution in [0.4, 0.5) is 0 Å². The number of hydrogen-bond acceptors (Lipinski definition) is 5. The summed E-state index contributed by atoms with van der Waals surface area (Å²) in [5, 5.41) is 9.48. The summed E-state index contributed by atoms with van der Waals surface area (Å²) in [6, 6.07) is 4.14. The maximum absolute atomic E-state index is 5.40. The second-order valence-electron chi connectivity index (χ2n) is 4.76. The summed E-state index contributed by atoms with van der Waals surface area (Å²) in [6.45, 7) is 4.13. The van der Waals surface area contributed by atoms with Gasteiger partial charge < -0.3 is 9.84 Å². The van der Waals surface area contributed by atoms with Crippen molar-refractivity contribution in [2.45, 2.75) is 25.2 Å². The van der Waals surface area contributed by atoms with Crippen LogP contribution in [0.1, 0.15) is 29.9 Å². The van der Waals surface area contributed by atoms with Gasteiger partial charge in [-0.15, -0.1) is 11.3 Å². The first-order chi connectivity index (χ1) is 8.26. The zero-order chi connectivity index (χ0) is 11.7. The van der Waals surface area contributed by atoms with Gasteiger partial charge in [-0.2, -0.15) is 4.98 Å². The number of nitrogens with zero attached hydrogens (tertiary/aromatic N) is 2. The minimum Gasteiger partial charge on any atom is -0.339 e. The Balaban J connectivity index is 1.78. The van der Waals surface area contributed by atoms with E-state index in [2.05, 4.69) is 33.8 Å². The van der Waals surface area contributed by atoms with Gasteiger partial charge in [0.2, 0.25) is 5.89 Å². The largest absolute Gasteiger partial charge is 0.339 e. The molecule has 90 valence electrons. The Kier molecular flexibility index (Phi) is 2.72. The molecule has 1 unspecified atom stereocenters. The predicted octanol–water partition coefficient (Wildman–Crippen LogP) is 1.97. The molecule has 0 saturated carbocycles. The smallest absolute Gasteiger partial charge is 0.233 e. The first-order valence-corrected chi connectivity index (χ1v) is 6.70. The Morgan fingerprint density at radius 3 is 3.24 bits per heavy atom. The van der Waals surface area contributed by atoms with E-state index >= 15 is 0 Å². The molecule has 2 aromatic rings. The molecule has 3 heterocycles. The fourth-order valence-corrected chi connectivity index (χ4v) is 2.84. The zero-order valence-corrected chi connectivity index (χ0v) is 10.6. The van der Waals surface area contributed by atoms with Crippen molar-refractivity contribution in [2.75, 3.05) is 13.1 Å². The van der Waals surface area contributed by atoms with E-state index < -0.39 is 0 Å². The highest BCUT2D eigenvalue weighted by Crippen LogP contribution is 2.28. The molecule has 1 fully saturated rings. The SMILES string of the molecule is CC1(c2nc(Cc3cccs3)no2)CCNC1. The van der Waals surface area contributed by atoms with Crippen LogP contribution < -0.4 is 5.32 Å². The van der Waals surface area contributed by atoms with Crippen LogP contribution in [0.2, 0.25) is 0 Å². The maximum Gasteiger partial charge on any atom is 0.233 e. The summed E-state index contributed by atoms with van der Waals surface area (Å²) in [5.41, 5.74) is 0.0146. The molecule has 0 spiro atoms. The van der Waals surface area contributed by atoms with Crippen molar-refractivity contribution in [3.8, 4) is 0 Å². The minimum atomic E-state index is 0.0146. The van der Waals surface area contributed by atoms with Crippen molar-refractivity contribution in [2.24, 2.45) is 0 Å². The Bertz CT molecular complexity index is 486. The molecule has 5 heteroatoms. The molecule has 4 nitrogen and oxygen atoms in total. The van der Waals surface area contributed by atoms with E-state index in [4.69, 9.17) is 4.52 Å². The summed E-state index contributed by atoms with van der Waals surface area (Å²) >= 11 is 1.72. The molecular formula is C12H15N3OS. The first kappa shape index (κ1) is 10.9. The van der Waals surface area contributed by atoms with Crippen LogP contribution in [0.25, 0.3) is 0 Å². The normalized spacial score (nSPS) is 24.3. The molecule has 0 aromatic carbocycles. The molecule has 17 heavy (non-hydrogen) atoms. The monoisotopic (exact) mass is 249 g/mol. The van der Waals surface area contributed by atoms with Gasteiger partial charge in [-0.3, -0.25) is 0 Å². The van der Waals surface area contributed by atoms with E-state index in [1.54, 1.807) is 11.3 Å². The molecule has 1 aliphatic rings. The van der Waals surface area contributed by atoms with E-state index in [0.29, 0.717) is 0 Å². The van der Waals surface area contributed by atoms with E-state index in [-0.39, 0.29) is 5.41 Å². The summed E-state index contributed by atoms with van der Waals surface area (Å²) in [7, 11) is 0. The van der Waals surface area contributed by atoms with Crippen molar-refractivity contribution in [1.29, 1.82) is 0 Å². The van der Waals surface area contributed by atoms with Crippen LogP contribution in [0.5, 0.6) is 0 Å². The van der Waals surface area contributed by atoms with Gasteiger partial charge in [0.1, 0.15) is 0 Å². The molecule has 3 rings (SSSR count). The number of nitrogens with one attached hydrogen (secondary N) is 1. The predicted molar refractivity (Wildman–Crippen MR) is 66.3 cm³/mol. The molecule has 1 N–H and O–H groups in total. The van der Waals surface area contributed by atoms with Crippen LogP contribution in [0.3, 0.4) is 0 Å². The topological polar surface area (TPSA) is 51.0 Å². The Labute approximate surface area is 104 Å². The third-order valence-corrected chi connectivity index (χ3v) is 4.14. The average molecular weight is 249 g/mol. The summed E-state index contributed by atoms with van der Waals surface area (Å²) in [5.74, 6) is 1.56. The molecule has 0 bridgehead atoms. The second-order valence-corrected chi connectivity index (χ2v) is 5.79. The lowest BCUT2D eigenvalue weighted by atomic mass is 9.90. The van der Waals surface area contributed by atoms with Crippen LogP contribution in [0.15, 0.2) is 22.0 Å². The number of rotatable bonds is 3. The molecule has 1 saturated heterocycles. The van der Waals surface area contributed by atoms with E-state index in [0.717, 1.165) is 37.6 Å². The maximum atomic E-state index is 5.40. The number of hydrogen-bond donors (Lipinski definition) is 1. The lowest BCUT2D eigenvalue weighted by molar-refractivity contribution is 0.304. The van der Waals surface area contributed by atoms with Crippen molar-refractivity contribution in [3.05, 3.63) is 34.1 Å². The van der Waals surface area contributed by atoms with Gasteiger partial charge in [0, 0.05) is 17.8 Å². The van der Waals surface area contributed by atoms with E-state index in [1.807, 2.05) is 6.07 Å². The van der Waals surface area contributed by atoms with Gasteiger partial charge in [-0.1, -0.05) is 11.2 Å². The lowest BCUT2D eigenvalue weighted by Crippen LogP contribution is -2.25. The summed E-state index contributed by atoms with van der Waals surface area (Å²) in [6.07, 6.45) is 1.83. The number of aromatic nitrogens is 2. The van der Waals surface area contributed by atoms with Gasteiger partial charge >= 0.3 is 0 Å². The third-order valence-electron chi connectivity index (χ3n) is 3.27. The van der Waals surface area contributed by atoms with Crippen LogP contribution in [0, 0.1) is 0 Å². The standard InChI is InChI=1S/C12H15N3OS/c1-12(4-5-13-8-12)11-14-10(15-16-11)7-9-3-2-6-17-9/h2-3,6,13H,4-5,7-8H2,1H3. The Morgan fingerprint density at radius 1 is 1.59 bits per heavy atom. The van der Waals surface area contributed by atoms with Gasteiger partial charge in [-0.25, -0.2) is 0 Å². The second kappa shape index (κ2) is 4.23. The molecular weight excluding hydrogens is 234 g/mol. The summed E-state index contributed by atoms with van der Waals surface area (Å²) in [4.78, 5) is 5.80. The van der Waals surface area contributed by atoms with E-state index in [1.165, 1.54) is 4.88 Å². The lowest BCUT2D eigenvalue weighted by Gasteiger charge is -2.15. The van der Waals surface area contributed by atoms with Gasteiger partial charge in [0.25, 0.3) is 0 Å². The van der Waals surface area contributed by atoms with Crippen molar-refractivity contribution in [1.82, 2.24) is 15.5 Å². The minimum absolute atomic E-state index is 0.0146. The van der Waals surface area contributed by atoms with Gasteiger partial charge in [0.15, 0.2) is 5.82 Å². The van der Waals surface area contributed by atoms with E-state index in [9.17, 15) is 0 Å². The number of thiophene rings is 1. The highest BCUT2D eigenvalue weighted by atomic mass is 32.1. The molecule has 1 atom stereocenters. The van der Waals surface area contributed by atoms with Crippen molar-refractivity contribution in [3.63, 3.8) is 0 Å². The average Bonchev–Trinajstić information content (AvgIpc) is 3.00.